The molecule has 0 aromatic heterocycles. The van der Waals surface area contributed by atoms with Crippen LogP contribution >= 0.6 is 11.8 Å². The topological polar surface area (TPSA) is 50.8 Å². The van der Waals surface area contributed by atoms with E-state index in [1.165, 1.54) is 0 Å². The lowest BCUT2D eigenvalue weighted by atomic mass is 10.3. The van der Waals surface area contributed by atoms with E-state index in [4.69, 9.17) is 9.47 Å². The van der Waals surface area contributed by atoms with Crippen LogP contribution in [-0.4, -0.2) is 55.3 Å². The molecule has 1 aromatic rings. The van der Waals surface area contributed by atoms with Crippen molar-refractivity contribution in [1.29, 1.82) is 0 Å². The molecule has 1 fully saturated rings. The number of rotatable bonds is 5. The highest BCUT2D eigenvalue weighted by Gasteiger charge is 2.18. The summed E-state index contributed by atoms with van der Waals surface area (Å²) in [6.07, 6.45) is 0. The summed E-state index contributed by atoms with van der Waals surface area (Å²) < 4.78 is 10.9. The summed E-state index contributed by atoms with van der Waals surface area (Å²) in [7, 11) is 1.61. The predicted molar refractivity (Wildman–Crippen MR) is 85.4 cm³/mol. The second-order valence-electron chi connectivity index (χ2n) is 4.91. The third-order valence-corrected chi connectivity index (χ3v) is 4.17. The standard InChI is InChI=1S/C15H22N2O3S/c1-12(16-15(18)17-7-9-21-10-8-17)11-20-14-6-4-3-5-13(14)19-2/h3-6,12H,7-11H2,1-2H3,(H,16,18)/t12-/m0/s1. The van der Waals surface area contributed by atoms with E-state index in [1.807, 2.05) is 47.9 Å². The summed E-state index contributed by atoms with van der Waals surface area (Å²) >= 11 is 1.89. The fourth-order valence-corrected chi connectivity index (χ4v) is 2.97. The quantitative estimate of drug-likeness (QED) is 0.906. The lowest BCUT2D eigenvalue weighted by Crippen LogP contribution is -2.48. The van der Waals surface area contributed by atoms with Crippen molar-refractivity contribution in [1.82, 2.24) is 10.2 Å². The Bertz CT molecular complexity index is 464. The summed E-state index contributed by atoms with van der Waals surface area (Å²) in [5, 5.41) is 2.97. The normalized spacial score (nSPS) is 16.2. The van der Waals surface area contributed by atoms with Gasteiger partial charge in [0.15, 0.2) is 11.5 Å². The van der Waals surface area contributed by atoms with Gasteiger partial charge in [-0.15, -0.1) is 0 Å². The van der Waals surface area contributed by atoms with Gasteiger partial charge < -0.3 is 19.7 Å². The summed E-state index contributed by atoms with van der Waals surface area (Å²) in [5.41, 5.74) is 0. The Morgan fingerprint density at radius 2 is 2.00 bits per heavy atom. The van der Waals surface area contributed by atoms with E-state index >= 15 is 0 Å². The molecule has 5 nitrogen and oxygen atoms in total. The minimum atomic E-state index is -0.0583. The van der Waals surface area contributed by atoms with E-state index < -0.39 is 0 Å². The number of hydrogen-bond acceptors (Lipinski definition) is 4. The second-order valence-corrected chi connectivity index (χ2v) is 6.14. The Labute approximate surface area is 130 Å². The summed E-state index contributed by atoms with van der Waals surface area (Å²) in [4.78, 5) is 13.9. The van der Waals surface area contributed by atoms with Gasteiger partial charge in [-0.2, -0.15) is 11.8 Å². The Morgan fingerprint density at radius 1 is 1.33 bits per heavy atom. The highest BCUT2D eigenvalue weighted by atomic mass is 32.2. The summed E-state index contributed by atoms with van der Waals surface area (Å²) in [5.74, 6) is 3.42. The Balaban J connectivity index is 1.78. The Kier molecular flexibility index (Phi) is 6.04. The molecule has 0 unspecified atom stereocenters. The van der Waals surface area contributed by atoms with Gasteiger partial charge in [0.25, 0.3) is 0 Å². The van der Waals surface area contributed by atoms with Crippen LogP contribution in [0, 0.1) is 0 Å². The highest BCUT2D eigenvalue weighted by Crippen LogP contribution is 2.25. The van der Waals surface area contributed by atoms with Crippen molar-refractivity contribution in [3.8, 4) is 11.5 Å². The van der Waals surface area contributed by atoms with Crippen LogP contribution < -0.4 is 14.8 Å². The van der Waals surface area contributed by atoms with Crippen molar-refractivity contribution in [2.75, 3.05) is 38.3 Å². The van der Waals surface area contributed by atoms with Crippen molar-refractivity contribution in [2.24, 2.45) is 0 Å². The number of urea groups is 1. The monoisotopic (exact) mass is 310 g/mol. The maximum Gasteiger partial charge on any atom is 0.317 e. The number of hydrogen-bond donors (Lipinski definition) is 1. The first kappa shape index (κ1) is 15.8. The molecule has 0 radical (unpaired) electrons. The van der Waals surface area contributed by atoms with Crippen LogP contribution in [0.3, 0.4) is 0 Å². The van der Waals surface area contributed by atoms with Crippen molar-refractivity contribution < 1.29 is 14.3 Å². The number of benzene rings is 1. The number of thioether (sulfide) groups is 1. The number of ether oxygens (including phenoxy) is 2. The SMILES string of the molecule is COc1ccccc1OC[C@H](C)NC(=O)N1CCSCC1. The van der Waals surface area contributed by atoms with E-state index in [0.29, 0.717) is 18.1 Å². The molecular formula is C15H22N2O3S. The zero-order valence-corrected chi connectivity index (χ0v) is 13.3. The summed E-state index contributed by atoms with van der Waals surface area (Å²) in [6.45, 7) is 3.98. The van der Waals surface area contributed by atoms with Crippen LogP contribution in [0.1, 0.15) is 6.92 Å². The summed E-state index contributed by atoms with van der Waals surface area (Å²) in [6, 6.07) is 7.43. The van der Waals surface area contributed by atoms with Gasteiger partial charge in [-0.3, -0.25) is 0 Å². The van der Waals surface area contributed by atoms with Gasteiger partial charge in [0.05, 0.1) is 13.2 Å². The van der Waals surface area contributed by atoms with E-state index in [1.54, 1.807) is 7.11 Å². The third-order valence-electron chi connectivity index (χ3n) is 3.23. The number of nitrogens with zero attached hydrogens (tertiary/aromatic N) is 1. The van der Waals surface area contributed by atoms with Gasteiger partial charge >= 0.3 is 6.03 Å². The van der Waals surface area contributed by atoms with Gasteiger partial charge in [0, 0.05) is 24.6 Å². The van der Waals surface area contributed by atoms with Gasteiger partial charge in [-0.05, 0) is 19.1 Å². The molecule has 2 rings (SSSR count). The van der Waals surface area contributed by atoms with Crippen LogP contribution in [0.25, 0.3) is 0 Å². The lowest BCUT2D eigenvalue weighted by Gasteiger charge is -2.28. The van der Waals surface area contributed by atoms with Gasteiger partial charge in [0.2, 0.25) is 0 Å². The molecular weight excluding hydrogens is 288 g/mol. The first-order valence-corrected chi connectivity index (χ1v) is 8.25. The van der Waals surface area contributed by atoms with Crippen LogP contribution in [0.15, 0.2) is 24.3 Å². The molecule has 0 spiro atoms. The minimum Gasteiger partial charge on any atom is -0.493 e. The van der Waals surface area contributed by atoms with E-state index in [2.05, 4.69) is 5.32 Å². The molecule has 1 aliphatic rings. The molecule has 116 valence electrons. The number of methoxy groups -OCH3 is 1. The van der Waals surface area contributed by atoms with Gasteiger partial charge in [0.1, 0.15) is 6.61 Å². The Morgan fingerprint density at radius 3 is 2.67 bits per heavy atom. The van der Waals surface area contributed by atoms with E-state index in [-0.39, 0.29) is 12.1 Å². The lowest BCUT2D eigenvalue weighted by molar-refractivity contribution is 0.191. The zero-order valence-electron chi connectivity index (χ0n) is 12.5. The Hall–Kier alpha value is -1.56. The van der Waals surface area contributed by atoms with Crippen LogP contribution in [0.5, 0.6) is 11.5 Å². The van der Waals surface area contributed by atoms with E-state index in [9.17, 15) is 4.79 Å². The molecule has 1 aromatic carbocycles. The largest absolute Gasteiger partial charge is 0.493 e. The molecule has 6 heteroatoms. The number of carbonyl (C=O) groups excluding carboxylic acids is 1. The predicted octanol–water partition coefficient (Wildman–Crippen LogP) is 2.22. The first-order chi connectivity index (χ1) is 10.2. The molecule has 1 heterocycles. The molecule has 1 N–H and O–H groups in total. The van der Waals surface area contributed by atoms with E-state index in [0.717, 1.165) is 24.6 Å². The maximum atomic E-state index is 12.1. The van der Waals surface area contributed by atoms with Crippen molar-refractivity contribution in [2.45, 2.75) is 13.0 Å². The molecule has 1 aliphatic heterocycles. The maximum absolute atomic E-state index is 12.1. The smallest absolute Gasteiger partial charge is 0.317 e. The molecule has 21 heavy (non-hydrogen) atoms. The molecule has 0 aliphatic carbocycles. The zero-order chi connectivity index (χ0) is 15.1. The molecule has 2 amide bonds. The fourth-order valence-electron chi connectivity index (χ4n) is 2.06. The van der Waals surface area contributed by atoms with Gasteiger partial charge in [-0.1, -0.05) is 12.1 Å². The second kappa shape index (κ2) is 8.02. The number of amides is 2. The van der Waals surface area contributed by atoms with Crippen molar-refractivity contribution in [3.63, 3.8) is 0 Å². The number of para-hydroxylation sites is 2. The molecule has 1 atom stereocenters. The minimum absolute atomic E-state index is 0.00794. The molecule has 0 saturated carbocycles. The molecule has 0 bridgehead atoms. The van der Waals surface area contributed by atoms with Crippen molar-refractivity contribution >= 4 is 17.8 Å². The fraction of sp³-hybridized carbons (Fsp3) is 0.533. The van der Waals surface area contributed by atoms with Crippen LogP contribution in [-0.2, 0) is 0 Å². The number of nitrogens with one attached hydrogen (secondary N) is 1. The van der Waals surface area contributed by atoms with Crippen molar-refractivity contribution in [3.05, 3.63) is 24.3 Å². The average molecular weight is 310 g/mol. The third kappa shape index (κ3) is 4.74. The molecule has 1 saturated heterocycles. The van der Waals surface area contributed by atoms with Crippen LogP contribution in [0.2, 0.25) is 0 Å². The number of carbonyl (C=O) groups is 1. The van der Waals surface area contributed by atoms with Crippen LogP contribution in [0.4, 0.5) is 4.79 Å². The average Bonchev–Trinajstić information content (AvgIpc) is 2.54. The highest BCUT2D eigenvalue weighted by molar-refractivity contribution is 7.99. The van der Waals surface area contributed by atoms with Gasteiger partial charge in [-0.25, -0.2) is 4.79 Å². The first-order valence-electron chi connectivity index (χ1n) is 7.09.